The molecule has 11 heteroatoms. The summed E-state index contributed by atoms with van der Waals surface area (Å²) in [6.45, 7) is 24.2. The first-order valence-corrected chi connectivity index (χ1v) is 21.8. The number of hydrogen-bond acceptors (Lipinski definition) is 10. The largest absolute Gasteiger partial charge is 0.390 e. The summed E-state index contributed by atoms with van der Waals surface area (Å²) in [6, 6.07) is 0. The van der Waals surface area contributed by atoms with Crippen LogP contribution in [0.5, 0.6) is 0 Å². The fourth-order valence-electron chi connectivity index (χ4n) is 14.9. The zero-order valence-corrected chi connectivity index (χ0v) is 35.0. The lowest BCUT2D eigenvalue weighted by Crippen LogP contribution is -2.60. The Balaban J connectivity index is 0.924. The molecule has 3 heterocycles. The summed E-state index contributed by atoms with van der Waals surface area (Å²) < 4.78 is 26.3. The highest BCUT2D eigenvalue weighted by Gasteiger charge is 2.84. The molecule has 5 N–H and O–H groups in total. The quantitative estimate of drug-likeness (QED) is 0.177. The molecule has 0 aromatic carbocycles. The fourth-order valence-corrected chi connectivity index (χ4v) is 14.9. The zero-order chi connectivity index (χ0) is 38.7. The molecule has 2 spiro atoms. The Morgan fingerprint density at radius 1 is 1.06 bits per heavy atom. The van der Waals surface area contributed by atoms with Gasteiger partial charge < -0.3 is 34.5 Å². The topological polar surface area (TPSA) is 154 Å². The molecule has 308 valence electrons. The maximum Gasteiger partial charge on any atom is 0.220 e. The fraction of sp³-hybridized carbons (Fsp3) is 0.977. The van der Waals surface area contributed by atoms with Crippen LogP contribution in [0.1, 0.15) is 127 Å². The van der Waals surface area contributed by atoms with E-state index in [1.54, 1.807) is 0 Å². The molecule has 5 aliphatic carbocycles. The number of fused-ring (bicyclic) bond motifs is 4. The van der Waals surface area contributed by atoms with Crippen LogP contribution in [-0.2, 0) is 23.7 Å². The monoisotopic (exact) mass is 759 g/mol. The van der Waals surface area contributed by atoms with Crippen molar-refractivity contribution in [2.24, 2.45) is 50.7 Å². The minimum atomic E-state index is -1.03. The second-order valence-corrected chi connectivity index (χ2v) is 21.2. The van der Waals surface area contributed by atoms with Gasteiger partial charge in [-0.2, -0.15) is 0 Å². The van der Waals surface area contributed by atoms with E-state index in [0.717, 1.165) is 51.7 Å². The molecule has 8 fully saturated rings. The summed E-state index contributed by atoms with van der Waals surface area (Å²) in [5, 5.41) is 26.9. The van der Waals surface area contributed by atoms with Crippen molar-refractivity contribution in [3.8, 4) is 0 Å². The normalized spacial score (nSPS) is 48.0. The van der Waals surface area contributed by atoms with Crippen LogP contribution in [0.3, 0.4) is 0 Å². The third-order valence-corrected chi connectivity index (χ3v) is 17.7. The van der Waals surface area contributed by atoms with Gasteiger partial charge in [0.2, 0.25) is 5.91 Å². The molecule has 3 saturated heterocycles. The molecule has 11 nitrogen and oxygen atoms in total. The predicted molar refractivity (Wildman–Crippen MR) is 206 cm³/mol. The molecule has 3 aliphatic heterocycles. The molecule has 0 bridgehead atoms. The highest BCUT2D eigenvalue weighted by atomic mass is 16.7. The van der Waals surface area contributed by atoms with Crippen molar-refractivity contribution >= 4 is 5.91 Å². The molecular formula is C43H74N4O7. The van der Waals surface area contributed by atoms with Gasteiger partial charge in [-0.1, -0.05) is 34.6 Å². The Morgan fingerprint density at radius 3 is 2.48 bits per heavy atom. The lowest BCUT2D eigenvalue weighted by Gasteiger charge is -2.64. The minimum Gasteiger partial charge on any atom is -0.390 e. The second-order valence-electron chi connectivity index (χ2n) is 21.2. The highest BCUT2D eigenvalue weighted by molar-refractivity contribution is 5.75. The zero-order valence-electron chi connectivity index (χ0n) is 35.0. The lowest BCUT2D eigenvalue weighted by atomic mass is 9.41. The number of carbonyl (C=O) groups excluding carboxylic acids is 1. The summed E-state index contributed by atoms with van der Waals surface area (Å²) in [5.74, 6) is 1.83. The Morgan fingerprint density at radius 2 is 1.78 bits per heavy atom. The van der Waals surface area contributed by atoms with Gasteiger partial charge in [-0.3, -0.25) is 9.69 Å². The third kappa shape index (κ3) is 6.09. The van der Waals surface area contributed by atoms with Gasteiger partial charge in [-0.05, 0) is 131 Å². The van der Waals surface area contributed by atoms with E-state index in [2.05, 4.69) is 62.6 Å². The van der Waals surface area contributed by atoms with Gasteiger partial charge in [-0.25, -0.2) is 10.9 Å². The van der Waals surface area contributed by atoms with Crippen LogP contribution in [0, 0.1) is 50.7 Å². The van der Waals surface area contributed by atoms with Crippen molar-refractivity contribution in [3.63, 3.8) is 0 Å². The van der Waals surface area contributed by atoms with E-state index < -0.39 is 17.8 Å². The van der Waals surface area contributed by atoms with E-state index in [-0.39, 0.29) is 57.8 Å². The summed E-state index contributed by atoms with van der Waals surface area (Å²) in [7, 11) is 0. The van der Waals surface area contributed by atoms with Crippen molar-refractivity contribution in [3.05, 3.63) is 0 Å². The molecule has 0 radical (unpaired) electrons. The number of nitrogens with one attached hydrogen (secondary N) is 3. The average Bonchev–Trinajstić information content (AvgIpc) is 4.00. The maximum atomic E-state index is 12.7. The van der Waals surface area contributed by atoms with E-state index in [1.807, 2.05) is 20.8 Å². The van der Waals surface area contributed by atoms with Gasteiger partial charge in [-0.15, -0.1) is 0 Å². The summed E-state index contributed by atoms with van der Waals surface area (Å²) in [6.07, 6.45) is 8.87. The van der Waals surface area contributed by atoms with Gasteiger partial charge in [0.25, 0.3) is 0 Å². The SMILES string of the molecule is CCO[C@@H]([C@@H]1C[C@@H](C)[C@H]2C(O1)[C@H](O)[C@@]1(C)C3CC[C@H]4C(C)(C)C(O[C@H]5CN(CCNC(=O)CCC6(C)NN6)CCO5)CCC45CC35CCC21C)C(C)(C)O. The molecule has 8 rings (SSSR count). The summed E-state index contributed by atoms with van der Waals surface area (Å²) >= 11 is 0. The van der Waals surface area contributed by atoms with Crippen molar-refractivity contribution in [1.29, 1.82) is 0 Å². The second kappa shape index (κ2) is 13.6. The number of aliphatic hydroxyl groups is 2. The van der Waals surface area contributed by atoms with Crippen LogP contribution in [-0.4, -0.2) is 108 Å². The van der Waals surface area contributed by atoms with Gasteiger partial charge in [0.1, 0.15) is 6.10 Å². The van der Waals surface area contributed by atoms with Crippen LogP contribution in [0.25, 0.3) is 0 Å². The molecule has 14 atom stereocenters. The molecule has 8 aliphatic rings. The van der Waals surface area contributed by atoms with Gasteiger partial charge in [0.15, 0.2) is 6.29 Å². The highest BCUT2D eigenvalue weighted by Crippen LogP contribution is 2.89. The number of aliphatic hydroxyl groups excluding tert-OH is 1. The Bertz CT molecular complexity index is 1420. The smallest absolute Gasteiger partial charge is 0.220 e. The van der Waals surface area contributed by atoms with Crippen molar-refractivity contribution in [2.75, 3.05) is 39.4 Å². The van der Waals surface area contributed by atoms with E-state index >= 15 is 0 Å². The average molecular weight is 759 g/mol. The first-order chi connectivity index (χ1) is 25.4. The molecule has 0 aromatic rings. The summed E-state index contributed by atoms with van der Waals surface area (Å²) in [4.78, 5) is 14.8. The van der Waals surface area contributed by atoms with E-state index in [1.165, 1.54) is 25.7 Å². The molecule has 54 heavy (non-hydrogen) atoms. The first kappa shape index (κ1) is 39.9. The Kier molecular flexibility index (Phi) is 10.0. The van der Waals surface area contributed by atoms with Crippen molar-refractivity contribution < 1.29 is 34.0 Å². The number of amides is 1. The number of hydrazine groups is 1. The predicted octanol–water partition coefficient (Wildman–Crippen LogP) is 4.74. The van der Waals surface area contributed by atoms with Crippen LogP contribution in [0.4, 0.5) is 0 Å². The van der Waals surface area contributed by atoms with Crippen LogP contribution in [0.15, 0.2) is 0 Å². The van der Waals surface area contributed by atoms with E-state index in [4.69, 9.17) is 18.9 Å². The first-order valence-electron chi connectivity index (χ1n) is 21.8. The van der Waals surface area contributed by atoms with E-state index in [9.17, 15) is 15.0 Å². The number of carbonyl (C=O) groups is 1. The lowest BCUT2D eigenvalue weighted by molar-refractivity contribution is -0.248. The number of nitrogens with zero attached hydrogens (tertiary/aromatic N) is 1. The van der Waals surface area contributed by atoms with Crippen molar-refractivity contribution in [2.45, 2.75) is 175 Å². The minimum absolute atomic E-state index is 0.00339. The number of ether oxygens (including phenoxy) is 4. The molecule has 6 unspecified atom stereocenters. The number of morpholine rings is 1. The molecular weight excluding hydrogens is 684 g/mol. The Labute approximate surface area is 325 Å². The molecule has 1 amide bonds. The number of rotatable bonds is 12. The van der Waals surface area contributed by atoms with Crippen molar-refractivity contribution in [1.82, 2.24) is 21.1 Å². The van der Waals surface area contributed by atoms with Crippen LogP contribution in [0.2, 0.25) is 0 Å². The van der Waals surface area contributed by atoms with E-state index in [0.29, 0.717) is 55.3 Å². The van der Waals surface area contributed by atoms with Gasteiger partial charge in [0, 0.05) is 44.6 Å². The maximum absolute atomic E-state index is 12.7. The summed E-state index contributed by atoms with van der Waals surface area (Å²) in [5.41, 5.74) is 5.45. The number of hydrogen-bond donors (Lipinski definition) is 5. The van der Waals surface area contributed by atoms with Gasteiger partial charge in [0.05, 0.1) is 42.3 Å². The molecule has 5 saturated carbocycles. The van der Waals surface area contributed by atoms with Gasteiger partial charge >= 0.3 is 0 Å². The van der Waals surface area contributed by atoms with Crippen LogP contribution >= 0.6 is 0 Å². The molecule has 0 aromatic heterocycles. The third-order valence-electron chi connectivity index (χ3n) is 17.7. The van der Waals surface area contributed by atoms with Crippen LogP contribution < -0.4 is 16.2 Å². The standard InChI is InChI=1S/C43H74N4O7/c1-10-51-36(38(5,6)50)27-23-26(2)33-34(53-27)35(49)41(9)29-12-11-28-37(3,4)30(13-16-42(28)25-43(29,42)18-17-39(33,41)7)54-32-24-47(21-22-52-32)20-19-44-31(48)14-15-40(8)45-46-40/h26-30,32-36,45-46,49-50H,10-25H2,1-9H3,(H,44,48)/t26-,27+,28+,29?,30?,32+,33+,34?,35+,36+,39?,41-,42?,43?/m1/s1. The Hall–Kier alpha value is -0.890.